The Kier molecular flexibility index (Phi) is 3.83. The third-order valence-corrected chi connectivity index (χ3v) is 1.94. The standard InChI is InChI=1S/C11H7FN4/c12-10-7-9(8-15)1-2-11(10)16(5-3-13)6-4-14/h1-2,7H,5-6H2. The largest absolute Gasteiger partial charge is 0.343 e. The van der Waals surface area contributed by atoms with E-state index in [2.05, 4.69) is 0 Å². The minimum absolute atomic E-state index is 0.0730. The van der Waals surface area contributed by atoms with Crippen molar-refractivity contribution in [3.63, 3.8) is 0 Å². The number of hydrogen-bond donors (Lipinski definition) is 0. The van der Waals surface area contributed by atoms with Gasteiger partial charge >= 0.3 is 0 Å². The Hall–Kier alpha value is -2.58. The monoisotopic (exact) mass is 214 g/mol. The third-order valence-electron chi connectivity index (χ3n) is 1.94. The van der Waals surface area contributed by atoms with E-state index < -0.39 is 5.82 Å². The van der Waals surface area contributed by atoms with E-state index in [9.17, 15) is 4.39 Å². The maximum absolute atomic E-state index is 13.5. The zero-order chi connectivity index (χ0) is 12.0. The first-order valence-corrected chi connectivity index (χ1v) is 4.41. The predicted octanol–water partition coefficient (Wildman–Crippen LogP) is 1.55. The van der Waals surface area contributed by atoms with Crippen LogP contribution in [0.3, 0.4) is 0 Å². The van der Waals surface area contributed by atoms with Gasteiger partial charge in [-0.15, -0.1) is 0 Å². The Labute approximate surface area is 92.4 Å². The van der Waals surface area contributed by atoms with Crippen LogP contribution < -0.4 is 4.90 Å². The second kappa shape index (κ2) is 5.34. The zero-order valence-corrected chi connectivity index (χ0v) is 8.31. The van der Waals surface area contributed by atoms with Gasteiger partial charge in [0.2, 0.25) is 0 Å². The molecule has 0 saturated heterocycles. The molecule has 0 amide bonds. The second-order valence-corrected chi connectivity index (χ2v) is 2.95. The van der Waals surface area contributed by atoms with Crippen LogP contribution in [0.15, 0.2) is 18.2 Å². The summed E-state index contributed by atoms with van der Waals surface area (Å²) in [5.41, 5.74) is 0.359. The summed E-state index contributed by atoms with van der Waals surface area (Å²) in [7, 11) is 0. The fourth-order valence-corrected chi connectivity index (χ4v) is 1.23. The lowest BCUT2D eigenvalue weighted by atomic mass is 10.2. The molecule has 0 aliphatic heterocycles. The third kappa shape index (κ3) is 2.47. The van der Waals surface area contributed by atoms with Crippen LogP contribution in [-0.4, -0.2) is 13.1 Å². The molecule has 1 aromatic rings. The molecule has 5 heteroatoms. The Morgan fingerprint density at radius 1 is 1.12 bits per heavy atom. The first-order chi connectivity index (χ1) is 7.72. The van der Waals surface area contributed by atoms with Gasteiger partial charge in [-0.25, -0.2) is 4.39 Å². The Bertz CT molecular complexity index is 488. The maximum Gasteiger partial charge on any atom is 0.147 e. The van der Waals surface area contributed by atoms with E-state index in [1.807, 2.05) is 18.2 Å². The fourth-order valence-electron chi connectivity index (χ4n) is 1.23. The van der Waals surface area contributed by atoms with E-state index >= 15 is 0 Å². The number of benzene rings is 1. The molecule has 1 aromatic carbocycles. The maximum atomic E-state index is 13.5. The molecule has 0 aliphatic carbocycles. The smallest absolute Gasteiger partial charge is 0.147 e. The van der Waals surface area contributed by atoms with E-state index in [1.54, 1.807) is 0 Å². The van der Waals surface area contributed by atoms with E-state index in [0.717, 1.165) is 6.07 Å². The van der Waals surface area contributed by atoms with Crippen molar-refractivity contribution in [3.05, 3.63) is 29.6 Å². The molecule has 0 atom stereocenters. The summed E-state index contributed by atoms with van der Waals surface area (Å²) in [4.78, 5) is 1.30. The van der Waals surface area contributed by atoms with Gasteiger partial charge in [-0.05, 0) is 18.2 Å². The number of rotatable bonds is 3. The van der Waals surface area contributed by atoms with Crippen LogP contribution in [0, 0.1) is 39.8 Å². The lowest BCUT2D eigenvalue weighted by Gasteiger charge is -2.18. The first-order valence-electron chi connectivity index (χ1n) is 4.41. The van der Waals surface area contributed by atoms with Gasteiger partial charge in [0.25, 0.3) is 0 Å². The summed E-state index contributed by atoms with van der Waals surface area (Å²) in [5.74, 6) is -0.607. The van der Waals surface area contributed by atoms with Crippen molar-refractivity contribution in [1.29, 1.82) is 15.8 Å². The number of hydrogen-bond acceptors (Lipinski definition) is 4. The molecule has 16 heavy (non-hydrogen) atoms. The highest BCUT2D eigenvalue weighted by atomic mass is 19.1. The molecule has 0 saturated carbocycles. The summed E-state index contributed by atoms with van der Waals surface area (Å²) in [6, 6.07) is 9.43. The van der Waals surface area contributed by atoms with Crippen LogP contribution in [0.4, 0.5) is 10.1 Å². The lowest BCUT2D eigenvalue weighted by molar-refractivity contribution is 0.623. The minimum atomic E-state index is -0.607. The summed E-state index contributed by atoms with van der Waals surface area (Å²) >= 11 is 0. The van der Waals surface area contributed by atoms with Crippen LogP contribution >= 0.6 is 0 Å². The fraction of sp³-hybridized carbons (Fsp3) is 0.182. The molecule has 0 bridgehead atoms. The zero-order valence-electron chi connectivity index (χ0n) is 8.31. The SMILES string of the molecule is N#CCN(CC#N)c1ccc(C#N)cc1F. The molecule has 0 radical (unpaired) electrons. The topological polar surface area (TPSA) is 74.6 Å². The molecular formula is C11H7FN4. The highest BCUT2D eigenvalue weighted by Crippen LogP contribution is 2.19. The van der Waals surface area contributed by atoms with Gasteiger partial charge in [0.15, 0.2) is 0 Å². The number of nitriles is 3. The second-order valence-electron chi connectivity index (χ2n) is 2.95. The van der Waals surface area contributed by atoms with Gasteiger partial charge in [-0.1, -0.05) is 0 Å². The van der Waals surface area contributed by atoms with Crippen LogP contribution in [0.5, 0.6) is 0 Å². The molecule has 78 valence electrons. The highest BCUT2D eigenvalue weighted by molar-refractivity contribution is 5.52. The van der Waals surface area contributed by atoms with Crippen molar-refractivity contribution in [2.24, 2.45) is 0 Å². The van der Waals surface area contributed by atoms with Crippen molar-refractivity contribution in [1.82, 2.24) is 0 Å². The molecule has 0 aromatic heterocycles. The van der Waals surface area contributed by atoms with Gasteiger partial charge in [-0.2, -0.15) is 15.8 Å². The van der Waals surface area contributed by atoms with Crippen molar-refractivity contribution in [2.45, 2.75) is 0 Å². The van der Waals surface area contributed by atoms with Gasteiger partial charge in [0.1, 0.15) is 18.9 Å². The summed E-state index contributed by atoms with van der Waals surface area (Å²) in [6.45, 7) is -0.146. The molecule has 0 fully saturated rings. The van der Waals surface area contributed by atoms with Gasteiger partial charge in [0, 0.05) is 0 Å². The molecule has 0 spiro atoms. The predicted molar refractivity (Wildman–Crippen MR) is 54.6 cm³/mol. The summed E-state index contributed by atoms with van der Waals surface area (Å²) in [5, 5.41) is 25.6. The van der Waals surface area contributed by atoms with Crippen molar-refractivity contribution >= 4 is 5.69 Å². The average molecular weight is 214 g/mol. The van der Waals surface area contributed by atoms with E-state index in [0.29, 0.717) is 0 Å². The quantitative estimate of drug-likeness (QED) is 0.715. The normalized spacial score (nSPS) is 8.62. The van der Waals surface area contributed by atoms with E-state index in [4.69, 9.17) is 15.8 Å². The van der Waals surface area contributed by atoms with Crippen molar-refractivity contribution in [3.8, 4) is 18.2 Å². The highest BCUT2D eigenvalue weighted by Gasteiger charge is 2.11. The molecule has 4 nitrogen and oxygen atoms in total. The van der Waals surface area contributed by atoms with E-state index in [-0.39, 0.29) is 24.3 Å². The van der Waals surface area contributed by atoms with E-state index in [1.165, 1.54) is 17.0 Å². The Morgan fingerprint density at radius 2 is 1.75 bits per heavy atom. The Morgan fingerprint density at radius 3 is 2.19 bits per heavy atom. The van der Waals surface area contributed by atoms with Crippen LogP contribution in [0.2, 0.25) is 0 Å². The summed E-state index contributed by atoms with van der Waals surface area (Å²) < 4.78 is 13.5. The summed E-state index contributed by atoms with van der Waals surface area (Å²) in [6.07, 6.45) is 0. The molecule has 1 rings (SSSR count). The van der Waals surface area contributed by atoms with Crippen LogP contribution in [0.1, 0.15) is 5.56 Å². The first kappa shape index (κ1) is 11.5. The van der Waals surface area contributed by atoms with Crippen LogP contribution in [-0.2, 0) is 0 Å². The number of halogens is 1. The van der Waals surface area contributed by atoms with Crippen molar-refractivity contribution < 1.29 is 4.39 Å². The van der Waals surface area contributed by atoms with Gasteiger partial charge < -0.3 is 4.90 Å². The molecule has 0 unspecified atom stereocenters. The molecule has 0 N–H and O–H groups in total. The number of anilines is 1. The molecule has 0 heterocycles. The van der Waals surface area contributed by atoms with Gasteiger partial charge in [0.05, 0.1) is 29.5 Å². The molecular weight excluding hydrogens is 207 g/mol. The van der Waals surface area contributed by atoms with Crippen LogP contribution in [0.25, 0.3) is 0 Å². The number of nitrogens with zero attached hydrogens (tertiary/aromatic N) is 4. The lowest BCUT2D eigenvalue weighted by Crippen LogP contribution is -2.24. The van der Waals surface area contributed by atoms with Gasteiger partial charge in [-0.3, -0.25) is 0 Å². The average Bonchev–Trinajstić information content (AvgIpc) is 2.29. The Balaban J connectivity index is 3.08. The molecule has 0 aliphatic rings. The minimum Gasteiger partial charge on any atom is -0.343 e. The van der Waals surface area contributed by atoms with Crippen molar-refractivity contribution in [2.75, 3.05) is 18.0 Å².